The van der Waals surface area contributed by atoms with Gasteiger partial charge in [-0.3, -0.25) is 0 Å². The Morgan fingerprint density at radius 1 is 1.27 bits per heavy atom. The number of ether oxygens (including phenoxy) is 1. The molecule has 0 radical (unpaired) electrons. The van der Waals surface area contributed by atoms with E-state index in [-0.39, 0.29) is 0 Å². The first-order valence-electron chi connectivity index (χ1n) is 5.66. The summed E-state index contributed by atoms with van der Waals surface area (Å²) in [7, 11) is 3.60. The molecule has 86 valence electrons. The van der Waals surface area contributed by atoms with Crippen molar-refractivity contribution in [1.82, 2.24) is 0 Å². The fourth-order valence-electron chi connectivity index (χ4n) is 1.39. The molecule has 0 aromatic heterocycles. The van der Waals surface area contributed by atoms with Crippen LogP contribution in [-0.4, -0.2) is 14.2 Å². The summed E-state index contributed by atoms with van der Waals surface area (Å²) < 4.78 is 5.26. The first-order chi connectivity index (χ1) is 7.31. The Balaban J connectivity index is 0.000000921. The van der Waals surface area contributed by atoms with Gasteiger partial charge in [-0.05, 0) is 24.1 Å². The predicted molar refractivity (Wildman–Crippen MR) is 67.9 cm³/mol. The lowest BCUT2D eigenvalue weighted by atomic mass is 10.1. The molecular weight excluding hydrogens is 186 g/mol. The maximum Gasteiger partial charge on any atom is 0.142 e. The average molecular weight is 209 g/mol. The molecule has 0 aliphatic heterocycles. The van der Waals surface area contributed by atoms with Crippen LogP contribution in [0.4, 0.5) is 5.69 Å². The van der Waals surface area contributed by atoms with E-state index in [2.05, 4.69) is 30.4 Å². The fourth-order valence-corrected chi connectivity index (χ4v) is 1.39. The standard InChI is InChI=1S/C11H17NO.C2H6/c1-4-5-9-6-7-10(12-2)11(8-9)13-3;1-2/h6-8,12H,4-5H2,1-3H3;1-2H3. The lowest BCUT2D eigenvalue weighted by Crippen LogP contribution is -1.95. The minimum Gasteiger partial charge on any atom is -0.495 e. The third-order valence-electron chi connectivity index (χ3n) is 2.07. The molecule has 0 aliphatic rings. The van der Waals surface area contributed by atoms with E-state index in [0.717, 1.165) is 17.9 Å². The van der Waals surface area contributed by atoms with Crippen LogP contribution < -0.4 is 10.1 Å². The van der Waals surface area contributed by atoms with E-state index >= 15 is 0 Å². The third-order valence-corrected chi connectivity index (χ3v) is 2.07. The Bertz CT molecular complexity index is 271. The molecule has 15 heavy (non-hydrogen) atoms. The molecule has 1 aromatic rings. The van der Waals surface area contributed by atoms with Crippen molar-refractivity contribution in [1.29, 1.82) is 0 Å². The number of hydrogen-bond donors (Lipinski definition) is 1. The van der Waals surface area contributed by atoms with Crippen molar-refractivity contribution in [3.63, 3.8) is 0 Å². The quantitative estimate of drug-likeness (QED) is 0.816. The summed E-state index contributed by atoms with van der Waals surface area (Å²) in [6.45, 7) is 6.18. The van der Waals surface area contributed by atoms with Gasteiger partial charge in [0.25, 0.3) is 0 Å². The summed E-state index contributed by atoms with van der Waals surface area (Å²) in [5.41, 5.74) is 2.38. The van der Waals surface area contributed by atoms with Crippen LogP contribution in [0.25, 0.3) is 0 Å². The van der Waals surface area contributed by atoms with Crippen LogP contribution in [0.3, 0.4) is 0 Å². The van der Waals surface area contributed by atoms with Gasteiger partial charge in [-0.25, -0.2) is 0 Å². The van der Waals surface area contributed by atoms with Crippen molar-refractivity contribution in [3.05, 3.63) is 23.8 Å². The highest BCUT2D eigenvalue weighted by Crippen LogP contribution is 2.25. The highest BCUT2D eigenvalue weighted by atomic mass is 16.5. The van der Waals surface area contributed by atoms with Gasteiger partial charge >= 0.3 is 0 Å². The number of methoxy groups -OCH3 is 1. The molecule has 0 fully saturated rings. The molecule has 0 unspecified atom stereocenters. The minimum absolute atomic E-state index is 0.924. The molecule has 0 amide bonds. The highest BCUT2D eigenvalue weighted by molar-refractivity contribution is 5.57. The maximum absolute atomic E-state index is 5.26. The smallest absolute Gasteiger partial charge is 0.142 e. The number of anilines is 1. The molecule has 2 heteroatoms. The second-order valence-corrected chi connectivity index (χ2v) is 3.03. The summed E-state index contributed by atoms with van der Waals surface area (Å²) in [6, 6.07) is 6.29. The summed E-state index contributed by atoms with van der Waals surface area (Å²) in [5, 5.41) is 3.09. The average Bonchev–Trinajstić information content (AvgIpc) is 2.32. The van der Waals surface area contributed by atoms with Gasteiger partial charge in [0, 0.05) is 7.05 Å². The third kappa shape index (κ3) is 4.24. The van der Waals surface area contributed by atoms with Crippen molar-refractivity contribution in [2.45, 2.75) is 33.6 Å². The Morgan fingerprint density at radius 2 is 1.93 bits per heavy atom. The summed E-state index contributed by atoms with van der Waals surface area (Å²) in [5.74, 6) is 0.924. The van der Waals surface area contributed by atoms with Crippen LogP contribution in [0, 0.1) is 0 Å². The van der Waals surface area contributed by atoms with E-state index in [0.29, 0.717) is 0 Å². The number of aryl methyl sites for hydroxylation is 1. The van der Waals surface area contributed by atoms with E-state index in [1.807, 2.05) is 20.9 Å². The zero-order chi connectivity index (χ0) is 11.7. The SMILES string of the molecule is CC.CCCc1ccc(NC)c(OC)c1. The van der Waals surface area contributed by atoms with Crippen LogP contribution in [0.1, 0.15) is 32.8 Å². The zero-order valence-electron chi connectivity index (χ0n) is 10.6. The molecule has 2 nitrogen and oxygen atoms in total. The lowest BCUT2D eigenvalue weighted by molar-refractivity contribution is 0.416. The maximum atomic E-state index is 5.26. The first kappa shape index (κ1) is 13.8. The van der Waals surface area contributed by atoms with Gasteiger partial charge in [0.1, 0.15) is 5.75 Å². The van der Waals surface area contributed by atoms with Crippen LogP contribution in [-0.2, 0) is 6.42 Å². The van der Waals surface area contributed by atoms with E-state index in [1.54, 1.807) is 7.11 Å². The fraction of sp³-hybridized carbons (Fsp3) is 0.538. The van der Waals surface area contributed by atoms with E-state index in [1.165, 1.54) is 12.0 Å². The zero-order valence-corrected chi connectivity index (χ0v) is 10.6. The molecule has 1 rings (SSSR count). The second kappa shape index (κ2) is 8.16. The van der Waals surface area contributed by atoms with Gasteiger partial charge < -0.3 is 10.1 Å². The van der Waals surface area contributed by atoms with Crippen LogP contribution in [0.15, 0.2) is 18.2 Å². The van der Waals surface area contributed by atoms with Crippen LogP contribution in [0.5, 0.6) is 5.75 Å². The molecular formula is C13H23NO. The number of rotatable bonds is 4. The first-order valence-corrected chi connectivity index (χ1v) is 5.66. The molecule has 0 saturated heterocycles. The molecule has 0 bridgehead atoms. The summed E-state index contributed by atoms with van der Waals surface area (Å²) >= 11 is 0. The summed E-state index contributed by atoms with van der Waals surface area (Å²) in [4.78, 5) is 0. The van der Waals surface area contributed by atoms with Gasteiger partial charge in [-0.15, -0.1) is 0 Å². The normalized spacial score (nSPS) is 8.87. The van der Waals surface area contributed by atoms with Crippen molar-refractivity contribution in [2.24, 2.45) is 0 Å². The Kier molecular flexibility index (Phi) is 7.51. The Hall–Kier alpha value is -1.18. The van der Waals surface area contributed by atoms with Crippen molar-refractivity contribution in [3.8, 4) is 5.75 Å². The molecule has 0 spiro atoms. The van der Waals surface area contributed by atoms with Gasteiger partial charge in [0.15, 0.2) is 0 Å². The van der Waals surface area contributed by atoms with Gasteiger partial charge in [0.2, 0.25) is 0 Å². The predicted octanol–water partition coefficient (Wildman–Crippen LogP) is 3.72. The van der Waals surface area contributed by atoms with E-state index in [4.69, 9.17) is 4.74 Å². The molecule has 0 atom stereocenters. The van der Waals surface area contributed by atoms with Crippen molar-refractivity contribution >= 4 is 5.69 Å². The van der Waals surface area contributed by atoms with Crippen molar-refractivity contribution in [2.75, 3.05) is 19.5 Å². The van der Waals surface area contributed by atoms with Crippen molar-refractivity contribution < 1.29 is 4.74 Å². The number of nitrogens with one attached hydrogen (secondary N) is 1. The molecule has 0 heterocycles. The van der Waals surface area contributed by atoms with Gasteiger partial charge in [-0.1, -0.05) is 33.3 Å². The minimum atomic E-state index is 0.924. The highest BCUT2D eigenvalue weighted by Gasteiger charge is 2.01. The van der Waals surface area contributed by atoms with E-state index < -0.39 is 0 Å². The number of hydrogen-bond acceptors (Lipinski definition) is 2. The van der Waals surface area contributed by atoms with Gasteiger partial charge in [0.05, 0.1) is 12.8 Å². The second-order valence-electron chi connectivity index (χ2n) is 3.03. The van der Waals surface area contributed by atoms with Gasteiger partial charge in [-0.2, -0.15) is 0 Å². The van der Waals surface area contributed by atoms with E-state index in [9.17, 15) is 0 Å². The Morgan fingerprint density at radius 3 is 2.40 bits per heavy atom. The molecule has 0 aliphatic carbocycles. The lowest BCUT2D eigenvalue weighted by Gasteiger charge is -2.09. The molecule has 0 saturated carbocycles. The summed E-state index contributed by atoms with van der Waals surface area (Å²) in [6.07, 6.45) is 2.28. The number of benzene rings is 1. The topological polar surface area (TPSA) is 21.3 Å². The Labute approximate surface area is 93.7 Å². The molecule has 1 N–H and O–H groups in total. The molecule has 1 aromatic carbocycles. The largest absolute Gasteiger partial charge is 0.495 e. The van der Waals surface area contributed by atoms with Crippen LogP contribution >= 0.6 is 0 Å². The van der Waals surface area contributed by atoms with Crippen LogP contribution in [0.2, 0.25) is 0 Å². The monoisotopic (exact) mass is 209 g/mol.